The van der Waals surface area contributed by atoms with Crippen LogP contribution >= 0.6 is 15.9 Å². The maximum absolute atomic E-state index is 11.5. The molecule has 0 unspecified atom stereocenters. The van der Waals surface area contributed by atoms with Crippen molar-refractivity contribution in [3.05, 3.63) is 33.0 Å². The molecule has 6 heteroatoms. The first kappa shape index (κ1) is 10.9. The number of hydrogen-bond donors (Lipinski definition) is 1. The van der Waals surface area contributed by atoms with Gasteiger partial charge in [0.2, 0.25) is 0 Å². The lowest BCUT2D eigenvalue weighted by Crippen LogP contribution is -2.09. The Kier molecular flexibility index (Phi) is 3.09. The van der Waals surface area contributed by atoms with Gasteiger partial charge in [-0.15, -0.1) is 0 Å². The summed E-state index contributed by atoms with van der Waals surface area (Å²) in [6, 6.07) is 5.40. The van der Waals surface area contributed by atoms with Crippen LogP contribution in [0.2, 0.25) is 0 Å². The molecule has 1 aromatic carbocycles. The van der Waals surface area contributed by atoms with E-state index in [-0.39, 0.29) is 12.2 Å². The van der Waals surface area contributed by atoms with Crippen molar-refractivity contribution in [3.8, 4) is 0 Å². The molecule has 84 valence electrons. The number of H-pyrrole nitrogens is 1. The van der Waals surface area contributed by atoms with Crippen molar-refractivity contribution < 1.29 is 9.53 Å². The highest BCUT2D eigenvalue weighted by Crippen LogP contribution is 2.16. The smallest absolute Gasteiger partial charge is 0.293 e. The van der Waals surface area contributed by atoms with Crippen LogP contribution in [0.5, 0.6) is 0 Å². The van der Waals surface area contributed by atoms with E-state index < -0.39 is 0 Å². The predicted molar refractivity (Wildman–Crippen MR) is 62.3 cm³/mol. The van der Waals surface area contributed by atoms with Gasteiger partial charge < -0.3 is 4.74 Å². The Bertz CT molecular complexity index is 573. The molecule has 16 heavy (non-hydrogen) atoms. The normalized spacial score (nSPS) is 10.6. The number of hydrogen-bond acceptors (Lipinski definition) is 3. The van der Waals surface area contributed by atoms with Crippen molar-refractivity contribution in [3.63, 3.8) is 0 Å². The molecule has 0 amide bonds. The number of fused-ring (bicyclic) bond motifs is 1. The summed E-state index contributed by atoms with van der Waals surface area (Å²) in [5, 5.41) is 3.30. The molecular formula is C10H9BrN2O3. The summed E-state index contributed by atoms with van der Waals surface area (Å²) < 4.78 is 7.14. The summed E-state index contributed by atoms with van der Waals surface area (Å²) in [6.07, 6.45) is 0. The van der Waals surface area contributed by atoms with Gasteiger partial charge in [0.15, 0.2) is 0 Å². The van der Waals surface area contributed by atoms with Gasteiger partial charge in [-0.2, -0.15) is 0 Å². The zero-order chi connectivity index (χ0) is 11.5. The van der Waals surface area contributed by atoms with E-state index in [1.165, 1.54) is 0 Å². The van der Waals surface area contributed by atoms with Gasteiger partial charge in [-0.3, -0.25) is 19.4 Å². The Morgan fingerprint density at radius 3 is 3.06 bits per heavy atom. The van der Waals surface area contributed by atoms with Gasteiger partial charge in [0.05, 0.1) is 17.4 Å². The lowest BCUT2D eigenvalue weighted by atomic mass is 10.2. The third-order valence-corrected chi connectivity index (χ3v) is 2.73. The van der Waals surface area contributed by atoms with Gasteiger partial charge in [0.25, 0.3) is 12.0 Å². The molecule has 1 aromatic heterocycles. The molecule has 1 N–H and O–H groups in total. The molecular weight excluding hydrogens is 276 g/mol. The van der Waals surface area contributed by atoms with Gasteiger partial charge in [0, 0.05) is 4.47 Å². The molecule has 0 aliphatic rings. The van der Waals surface area contributed by atoms with Gasteiger partial charge in [0.1, 0.15) is 6.61 Å². The molecule has 1 heterocycles. The maximum atomic E-state index is 11.5. The lowest BCUT2D eigenvalue weighted by Gasteiger charge is -2.03. The number of aromatic nitrogens is 2. The molecule has 0 fully saturated rings. The molecule has 0 atom stereocenters. The predicted octanol–water partition coefficient (Wildman–Crippen LogP) is 1.27. The van der Waals surface area contributed by atoms with Crippen molar-refractivity contribution in [2.45, 2.75) is 6.54 Å². The van der Waals surface area contributed by atoms with Crippen LogP contribution in [0.3, 0.4) is 0 Å². The van der Waals surface area contributed by atoms with Crippen molar-refractivity contribution in [1.82, 2.24) is 9.78 Å². The Morgan fingerprint density at radius 1 is 1.50 bits per heavy atom. The molecule has 2 aromatic rings. The molecule has 2 rings (SSSR count). The van der Waals surface area contributed by atoms with Crippen LogP contribution in [0.25, 0.3) is 10.9 Å². The van der Waals surface area contributed by atoms with E-state index in [1.54, 1.807) is 10.7 Å². The van der Waals surface area contributed by atoms with E-state index in [9.17, 15) is 9.59 Å². The number of carbonyl (C=O) groups excluding carboxylic acids is 1. The first-order valence-electron chi connectivity index (χ1n) is 4.65. The summed E-state index contributed by atoms with van der Waals surface area (Å²) in [5.41, 5.74) is 0.641. The fraction of sp³-hybridized carbons (Fsp3) is 0.200. The Hall–Kier alpha value is -1.56. The van der Waals surface area contributed by atoms with E-state index in [4.69, 9.17) is 0 Å². The Balaban J connectivity index is 2.41. The van der Waals surface area contributed by atoms with Crippen LogP contribution in [-0.4, -0.2) is 22.9 Å². The number of nitrogens with one attached hydrogen (secondary N) is 1. The van der Waals surface area contributed by atoms with E-state index in [0.29, 0.717) is 18.4 Å². The summed E-state index contributed by atoms with van der Waals surface area (Å²) >= 11 is 3.34. The van der Waals surface area contributed by atoms with Gasteiger partial charge >= 0.3 is 0 Å². The van der Waals surface area contributed by atoms with Crippen LogP contribution in [0.15, 0.2) is 27.5 Å². The fourth-order valence-electron chi connectivity index (χ4n) is 1.53. The molecule has 0 saturated heterocycles. The second-order valence-corrected chi connectivity index (χ2v) is 4.14. The molecule has 0 aliphatic heterocycles. The van der Waals surface area contributed by atoms with Crippen molar-refractivity contribution in [2.75, 3.05) is 6.61 Å². The molecule has 0 bridgehead atoms. The minimum atomic E-state index is -0.145. The van der Waals surface area contributed by atoms with Crippen molar-refractivity contribution in [1.29, 1.82) is 0 Å². The molecule has 5 nitrogen and oxygen atoms in total. The van der Waals surface area contributed by atoms with Crippen molar-refractivity contribution >= 4 is 33.3 Å². The number of ether oxygens (including phenoxy) is 1. The third kappa shape index (κ3) is 2.01. The minimum absolute atomic E-state index is 0.145. The first-order chi connectivity index (χ1) is 7.72. The highest BCUT2D eigenvalue weighted by atomic mass is 79.9. The number of nitrogens with zero attached hydrogens (tertiary/aromatic N) is 1. The van der Waals surface area contributed by atoms with E-state index in [0.717, 1.165) is 9.99 Å². The summed E-state index contributed by atoms with van der Waals surface area (Å²) in [5.74, 6) is 0. The standard InChI is InChI=1S/C10H9BrN2O3/c11-7-1-2-8-9(5-7)13(12-10(8)15)3-4-16-6-14/h1-2,5-6H,3-4H2,(H,12,15). The highest BCUT2D eigenvalue weighted by Gasteiger charge is 2.06. The number of halogens is 1. The van der Waals surface area contributed by atoms with E-state index in [1.807, 2.05) is 12.1 Å². The first-order valence-corrected chi connectivity index (χ1v) is 5.45. The number of carbonyl (C=O) groups is 1. The fourth-order valence-corrected chi connectivity index (χ4v) is 1.88. The van der Waals surface area contributed by atoms with Crippen LogP contribution in [0, 0.1) is 0 Å². The van der Waals surface area contributed by atoms with Crippen LogP contribution in [0.1, 0.15) is 0 Å². The largest absolute Gasteiger partial charge is 0.466 e. The third-order valence-electron chi connectivity index (χ3n) is 2.23. The highest BCUT2D eigenvalue weighted by molar-refractivity contribution is 9.10. The molecule has 0 aliphatic carbocycles. The van der Waals surface area contributed by atoms with Crippen LogP contribution in [0.4, 0.5) is 0 Å². The van der Waals surface area contributed by atoms with Crippen LogP contribution < -0.4 is 5.56 Å². The Labute approximate surface area is 99.1 Å². The monoisotopic (exact) mass is 284 g/mol. The number of aromatic amines is 1. The zero-order valence-corrected chi connectivity index (χ0v) is 9.86. The van der Waals surface area contributed by atoms with Gasteiger partial charge in [-0.1, -0.05) is 15.9 Å². The Morgan fingerprint density at radius 2 is 2.31 bits per heavy atom. The second kappa shape index (κ2) is 4.52. The molecule has 0 spiro atoms. The van der Waals surface area contributed by atoms with Crippen molar-refractivity contribution in [2.24, 2.45) is 0 Å². The van der Waals surface area contributed by atoms with Gasteiger partial charge in [-0.05, 0) is 18.2 Å². The number of rotatable bonds is 4. The number of benzene rings is 1. The lowest BCUT2D eigenvalue weighted by molar-refractivity contribution is -0.128. The minimum Gasteiger partial charge on any atom is -0.466 e. The zero-order valence-electron chi connectivity index (χ0n) is 8.27. The second-order valence-electron chi connectivity index (χ2n) is 3.22. The quantitative estimate of drug-likeness (QED) is 0.679. The average Bonchev–Trinajstić information content (AvgIpc) is 2.56. The summed E-state index contributed by atoms with van der Waals surface area (Å²) in [4.78, 5) is 21.5. The molecule has 0 saturated carbocycles. The SMILES string of the molecule is O=COCCn1[nH]c(=O)c2ccc(Br)cc21. The topological polar surface area (TPSA) is 64.1 Å². The maximum Gasteiger partial charge on any atom is 0.293 e. The van der Waals surface area contributed by atoms with E-state index in [2.05, 4.69) is 25.8 Å². The van der Waals surface area contributed by atoms with Gasteiger partial charge in [-0.25, -0.2) is 0 Å². The molecule has 0 radical (unpaired) electrons. The summed E-state index contributed by atoms with van der Waals surface area (Å²) in [6.45, 7) is 1.05. The van der Waals surface area contributed by atoms with E-state index >= 15 is 0 Å². The summed E-state index contributed by atoms with van der Waals surface area (Å²) in [7, 11) is 0. The average molecular weight is 285 g/mol. The van der Waals surface area contributed by atoms with Crippen LogP contribution in [-0.2, 0) is 16.1 Å².